The molecule has 0 fully saturated rings. The minimum atomic E-state index is -0.215. The van der Waals surface area contributed by atoms with Gasteiger partial charge in [0.15, 0.2) is 5.15 Å². The number of rotatable bonds is 3. The van der Waals surface area contributed by atoms with Crippen LogP contribution in [0.25, 0.3) is 11.3 Å². The fourth-order valence-corrected chi connectivity index (χ4v) is 2.26. The molecule has 1 heterocycles. The van der Waals surface area contributed by atoms with Crippen molar-refractivity contribution in [2.45, 2.75) is 13.5 Å². The van der Waals surface area contributed by atoms with Gasteiger partial charge in [-0.2, -0.15) is 0 Å². The quantitative estimate of drug-likeness (QED) is 0.927. The Bertz CT molecular complexity index is 578. The van der Waals surface area contributed by atoms with Gasteiger partial charge in [-0.25, -0.2) is 9.37 Å². The van der Waals surface area contributed by atoms with E-state index >= 15 is 0 Å². The van der Waals surface area contributed by atoms with Crippen LogP contribution in [0.15, 0.2) is 18.2 Å². The number of halogens is 2. The first-order valence-electron chi connectivity index (χ1n) is 5.66. The molecule has 0 radical (unpaired) electrons. The van der Waals surface area contributed by atoms with E-state index in [1.807, 2.05) is 18.7 Å². The van der Waals surface area contributed by atoms with E-state index in [1.54, 1.807) is 19.1 Å². The van der Waals surface area contributed by atoms with Gasteiger partial charge in [-0.15, -0.1) is 0 Å². The summed E-state index contributed by atoms with van der Waals surface area (Å²) in [5.74, 6) is 0.631. The number of hydrogen-bond acceptors (Lipinski definition) is 2. The van der Waals surface area contributed by atoms with Crippen molar-refractivity contribution in [3.63, 3.8) is 0 Å². The van der Waals surface area contributed by atoms with E-state index in [1.165, 1.54) is 6.07 Å². The van der Waals surface area contributed by atoms with Gasteiger partial charge in [-0.1, -0.05) is 11.6 Å². The highest BCUT2D eigenvalue weighted by Crippen LogP contribution is 2.29. The number of aromatic nitrogens is 2. The molecule has 1 aromatic carbocycles. The molecule has 2 rings (SSSR count). The molecule has 0 saturated heterocycles. The maximum Gasteiger partial charge on any atom is 0.155 e. The maximum atomic E-state index is 13.3. The van der Waals surface area contributed by atoms with Gasteiger partial charge in [-0.3, -0.25) is 0 Å². The Morgan fingerprint density at radius 1 is 1.44 bits per heavy atom. The highest BCUT2D eigenvalue weighted by atomic mass is 35.5. The highest BCUT2D eigenvalue weighted by Gasteiger charge is 2.15. The number of nitrogens with one attached hydrogen (secondary N) is 1. The van der Waals surface area contributed by atoms with Crippen LogP contribution in [0.5, 0.6) is 0 Å². The SMILES string of the molecule is CNCc1nc(Cl)c(-c2ccc(F)c(C)c2)n1C. The van der Waals surface area contributed by atoms with Crippen LogP contribution in [-0.4, -0.2) is 16.6 Å². The Labute approximate surface area is 111 Å². The molecule has 1 aromatic heterocycles. The van der Waals surface area contributed by atoms with Crippen LogP contribution in [0.2, 0.25) is 5.15 Å². The summed E-state index contributed by atoms with van der Waals surface area (Å²) in [4.78, 5) is 4.30. The van der Waals surface area contributed by atoms with Crippen molar-refractivity contribution in [3.8, 4) is 11.3 Å². The van der Waals surface area contributed by atoms with Crippen molar-refractivity contribution < 1.29 is 4.39 Å². The van der Waals surface area contributed by atoms with Crippen molar-refractivity contribution in [1.82, 2.24) is 14.9 Å². The van der Waals surface area contributed by atoms with Gasteiger partial charge < -0.3 is 9.88 Å². The zero-order valence-corrected chi connectivity index (χ0v) is 11.3. The van der Waals surface area contributed by atoms with Crippen LogP contribution in [-0.2, 0) is 13.6 Å². The topological polar surface area (TPSA) is 29.9 Å². The molecular formula is C13H15ClFN3. The molecule has 18 heavy (non-hydrogen) atoms. The Hall–Kier alpha value is -1.39. The molecule has 0 spiro atoms. The highest BCUT2D eigenvalue weighted by molar-refractivity contribution is 6.32. The number of aryl methyl sites for hydroxylation is 1. The summed E-state index contributed by atoms with van der Waals surface area (Å²) in [7, 11) is 3.75. The first kappa shape index (κ1) is 13.1. The maximum absolute atomic E-state index is 13.3. The van der Waals surface area contributed by atoms with Gasteiger partial charge in [-0.05, 0) is 37.7 Å². The van der Waals surface area contributed by atoms with Gasteiger partial charge in [0, 0.05) is 12.6 Å². The third-order valence-corrected chi connectivity index (χ3v) is 3.17. The molecule has 0 aliphatic rings. The van der Waals surface area contributed by atoms with Crippen molar-refractivity contribution in [2.75, 3.05) is 7.05 Å². The molecule has 2 aromatic rings. The second-order valence-corrected chi connectivity index (χ2v) is 4.58. The minimum absolute atomic E-state index is 0.215. The molecule has 0 unspecified atom stereocenters. The van der Waals surface area contributed by atoms with Crippen LogP contribution >= 0.6 is 11.6 Å². The van der Waals surface area contributed by atoms with E-state index in [-0.39, 0.29) is 5.82 Å². The van der Waals surface area contributed by atoms with E-state index in [0.717, 1.165) is 17.1 Å². The predicted molar refractivity (Wildman–Crippen MR) is 71.1 cm³/mol. The lowest BCUT2D eigenvalue weighted by Gasteiger charge is -2.07. The lowest BCUT2D eigenvalue weighted by Crippen LogP contribution is -2.10. The van der Waals surface area contributed by atoms with Crippen molar-refractivity contribution in [1.29, 1.82) is 0 Å². The summed E-state index contributed by atoms with van der Waals surface area (Å²) in [5.41, 5.74) is 2.28. The summed E-state index contributed by atoms with van der Waals surface area (Å²) in [6.45, 7) is 2.37. The first-order chi connectivity index (χ1) is 8.54. The standard InChI is InChI=1S/C13H15ClFN3/c1-8-6-9(4-5-10(8)15)12-13(14)17-11(7-16-2)18(12)3/h4-6,16H,7H2,1-3H3. The lowest BCUT2D eigenvalue weighted by atomic mass is 10.1. The molecule has 1 N–H and O–H groups in total. The molecule has 0 amide bonds. The third-order valence-electron chi connectivity index (χ3n) is 2.91. The van der Waals surface area contributed by atoms with Crippen molar-refractivity contribution >= 4 is 11.6 Å². The Morgan fingerprint density at radius 3 is 2.78 bits per heavy atom. The zero-order chi connectivity index (χ0) is 13.3. The second kappa shape index (κ2) is 5.08. The second-order valence-electron chi connectivity index (χ2n) is 4.22. The molecule has 0 aliphatic heterocycles. The van der Waals surface area contributed by atoms with Crippen LogP contribution in [0, 0.1) is 12.7 Å². The lowest BCUT2D eigenvalue weighted by molar-refractivity contribution is 0.618. The molecule has 0 atom stereocenters. The molecule has 0 saturated carbocycles. The van der Waals surface area contributed by atoms with Gasteiger partial charge in [0.1, 0.15) is 11.6 Å². The molecule has 96 valence electrons. The summed E-state index contributed by atoms with van der Waals surface area (Å²) in [5, 5.41) is 3.47. The molecule has 3 nitrogen and oxygen atoms in total. The van der Waals surface area contributed by atoms with Crippen molar-refractivity contribution in [3.05, 3.63) is 40.6 Å². The van der Waals surface area contributed by atoms with Gasteiger partial charge in [0.05, 0.1) is 12.2 Å². The monoisotopic (exact) mass is 267 g/mol. The first-order valence-corrected chi connectivity index (χ1v) is 6.04. The van der Waals surface area contributed by atoms with Gasteiger partial charge in [0.2, 0.25) is 0 Å². The van der Waals surface area contributed by atoms with Crippen LogP contribution in [0.3, 0.4) is 0 Å². The van der Waals surface area contributed by atoms with Crippen LogP contribution < -0.4 is 5.32 Å². The average Bonchev–Trinajstić information content (AvgIpc) is 2.59. The zero-order valence-electron chi connectivity index (χ0n) is 10.6. The minimum Gasteiger partial charge on any atom is -0.329 e. The number of nitrogens with zero attached hydrogens (tertiary/aromatic N) is 2. The fourth-order valence-electron chi connectivity index (χ4n) is 1.93. The Morgan fingerprint density at radius 2 is 2.17 bits per heavy atom. The van der Waals surface area contributed by atoms with E-state index in [9.17, 15) is 4.39 Å². The van der Waals surface area contributed by atoms with E-state index in [0.29, 0.717) is 17.3 Å². The summed E-state index contributed by atoms with van der Waals surface area (Å²) in [6.07, 6.45) is 0. The van der Waals surface area contributed by atoms with Crippen molar-refractivity contribution in [2.24, 2.45) is 7.05 Å². The van der Waals surface area contributed by atoms with E-state index in [4.69, 9.17) is 11.6 Å². The smallest absolute Gasteiger partial charge is 0.155 e. The Balaban J connectivity index is 2.53. The largest absolute Gasteiger partial charge is 0.329 e. The summed E-state index contributed by atoms with van der Waals surface area (Å²) < 4.78 is 15.2. The summed E-state index contributed by atoms with van der Waals surface area (Å²) in [6, 6.07) is 4.95. The number of imidazole rings is 1. The third kappa shape index (κ3) is 2.26. The number of hydrogen-bond donors (Lipinski definition) is 1. The summed E-state index contributed by atoms with van der Waals surface area (Å²) >= 11 is 6.16. The molecule has 0 aliphatic carbocycles. The normalized spacial score (nSPS) is 10.9. The van der Waals surface area contributed by atoms with Gasteiger partial charge >= 0.3 is 0 Å². The molecule has 5 heteroatoms. The predicted octanol–water partition coefficient (Wildman–Crippen LogP) is 2.91. The number of benzene rings is 1. The van der Waals surface area contributed by atoms with Crippen LogP contribution in [0.1, 0.15) is 11.4 Å². The Kier molecular flexibility index (Phi) is 3.68. The van der Waals surface area contributed by atoms with Crippen LogP contribution in [0.4, 0.5) is 4.39 Å². The molecule has 0 bridgehead atoms. The van der Waals surface area contributed by atoms with E-state index in [2.05, 4.69) is 10.3 Å². The molecular weight excluding hydrogens is 253 g/mol. The van der Waals surface area contributed by atoms with Gasteiger partial charge in [0.25, 0.3) is 0 Å². The fraction of sp³-hybridized carbons (Fsp3) is 0.308. The average molecular weight is 268 g/mol. The van der Waals surface area contributed by atoms with E-state index < -0.39 is 0 Å².